The molecule has 0 radical (unpaired) electrons. The van der Waals surface area contributed by atoms with E-state index in [9.17, 15) is 14.7 Å². The summed E-state index contributed by atoms with van der Waals surface area (Å²) in [4.78, 5) is 27.4. The summed E-state index contributed by atoms with van der Waals surface area (Å²) in [5, 5.41) is 9.25. The van der Waals surface area contributed by atoms with Gasteiger partial charge in [0.05, 0.1) is 12.7 Å². The molecule has 0 saturated heterocycles. The maximum Gasteiger partial charge on any atom is 0.341 e. The van der Waals surface area contributed by atoms with Crippen molar-refractivity contribution in [2.45, 2.75) is 26.4 Å². The van der Waals surface area contributed by atoms with Gasteiger partial charge >= 0.3 is 11.9 Å². The Morgan fingerprint density at radius 2 is 1.88 bits per heavy atom. The lowest BCUT2D eigenvalue weighted by molar-refractivity contribution is 0.00694. The molecule has 0 amide bonds. The first-order valence-corrected chi connectivity index (χ1v) is 7.53. The number of carbonyl (C=O) groups is 2. The van der Waals surface area contributed by atoms with Gasteiger partial charge in [-0.2, -0.15) is 0 Å². The first kappa shape index (κ1) is 18.3. The molecule has 1 heterocycles. The summed E-state index contributed by atoms with van der Waals surface area (Å²) in [5.41, 5.74) is 7.05. The van der Waals surface area contributed by atoms with Gasteiger partial charge in [-0.05, 0) is 39.0 Å². The fourth-order valence-corrected chi connectivity index (χ4v) is 2.20. The van der Waals surface area contributed by atoms with Crippen molar-refractivity contribution in [3.8, 4) is 17.0 Å². The lowest BCUT2D eigenvalue weighted by Gasteiger charge is -2.19. The number of benzene rings is 1. The molecular weight excluding hydrogens is 324 g/mol. The molecule has 1 aromatic carbocycles. The molecule has 7 nitrogen and oxygen atoms in total. The maximum absolute atomic E-state index is 12.1. The lowest BCUT2D eigenvalue weighted by atomic mass is 10.0. The molecule has 2 aromatic rings. The summed E-state index contributed by atoms with van der Waals surface area (Å²) in [5.74, 6) is -1.62. The third-order valence-corrected chi connectivity index (χ3v) is 3.27. The van der Waals surface area contributed by atoms with Crippen molar-refractivity contribution in [2.24, 2.45) is 0 Å². The molecule has 0 unspecified atom stereocenters. The molecule has 0 aliphatic heterocycles. The molecule has 3 N–H and O–H groups in total. The number of nitrogens with zero attached hydrogens (tertiary/aromatic N) is 1. The number of carbonyl (C=O) groups excluding carboxylic acids is 1. The highest BCUT2D eigenvalue weighted by molar-refractivity contribution is 5.95. The summed E-state index contributed by atoms with van der Waals surface area (Å²) < 4.78 is 10.2. The predicted molar refractivity (Wildman–Crippen MR) is 92.8 cm³/mol. The highest BCUT2D eigenvalue weighted by Crippen LogP contribution is 2.30. The Hall–Kier alpha value is -3.09. The Kier molecular flexibility index (Phi) is 4.97. The van der Waals surface area contributed by atoms with Crippen LogP contribution in [0.15, 0.2) is 30.5 Å². The molecule has 132 valence electrons. The maximum atomic E-state index is 12.1. The fraction of sp³-hybridized carbons (Fsp3) is 0.278. The molecular formula is C18H20N2O5. The predicted octanol–water partition coefficient (Wildman–Crippen LogP) is 2.99. The molecule has 7 heteroatoms. The molecule has 0 aliphatic carbocycles. The minimum Gasteiger partial charge on any atom is -0.480 e. The number of methoxy groups -OCH3 is 1. The number of esters is 1. The van der Waals surface area contributed by atoms with Crippen LogP contribution in [0.1, 0.15) is 41.5 Å². The number of hydrogen-bond donors (Lipinski definition) is 2. The number of nitrogens with two attached hydrogens (primary N) is 1. The zero-order valence-electron chi connectivity index (χ0n) is 14.5. The second-order valence-electron chi connectivity index (χ2n) is 6.39. The van der Waals surface area contributed by atoms with Gasteiger partial charge in [-0.1, -0.05) is 6.07 Å². The van der Waals surface area contributed by atoms with E-state index in [1.807, 2.05) is 0 Å². The minimum atomic E-state index is -1.16. The number of pyridine rings is 1. The van der Waals surface area contributed by atoms with Crippen LogP contribution in [0.3, 0.4) is 0 Å². The molecule has 2 rings (SSSR count). The van der Waals surface area contributed by atoms with Crippen LogP contribution in [0.2, 0.25) is 0 Å². The van der Waals surface area contributed by atoms with Crippen molar-refractivity contribution in [1.82, 2.24) is 4.98 Å². The molecule has 0 fully saturated rings. The Bertz CT molecular complexity index is 825. The van der Waals surface area contributed by atoms with Crippen LogP contribution in [0.25, 0.3) is 11.1 Å². The van der Waals surface area contributed by atoms with Crippen molar-refractivity contribution in [2.75, 3.05) is 12.8 Å². The average molecular weight is 344 g/mol. The largest absolute Gasteiger partial charge is 0.480 e. The number of aromatic nitrogens is 1. The second-order valence-corrected chi connectivity index (χ2v) is 6.39. The second kappa shape index (κ2) is 6.80. The van der Waals surface area contributed by atoms with Crippen LogP contribution in [-0.2, 0) is 4.74 Å². The third kappa shape index (κ3) is 4.26. The van der Waals surface area contributed by atoms with Gasteiger partial charge in [-0.15, -0.1) is 0 Å². The summed E-state index contributed by atoms with van der Waals surface area (Å²) in [7, 11) is 1.35. The number of carboxylic acids is 1. The lowest BCUT2D eigenvalue weighted by Crippen LogP contribution is -2.23. The Balaban J connectivity index is 2.40. The summed E-state index contributed by atoms with van der Waals surface area (Å²) in [6.45, 7) is 5.33. The van der Waals surface area contributed by atoms with E-state index in [1.54, 1.807) is 32.9 Å². The third-order valence-electron chi connectivity index (χ3n) is 3.27. The van der Waals surface area contributed by atoms with Gasteiger partial charge < -0.3 is 20.3 Å². The first-order valence-electron chi connectivity index (χ1n) is 7.53. The van der Waals surface area contributed by atoms with Crippen molar-refractivity contribution in [3.63, 3.8) is 0 Å². The molecule has 1 aromatic heterocycles. The SMILES string of the molecule is COc1ncc(-c2ccc(C(=O)OC(C)(C)C)cc2N)cc1C(=O)O. The molecule has 25 heavy (non-hydrogen) atoms. The van der Waals surface area contributed by atoms with Gasteiger partial charge in [-0.3, -0.25) is 0 Å². The number of carboxylic acid groups (broad SMARTS) is 1. The minimum absolute atomic E-state index is 0.0141. The van der Waals surface area contributed by atoms with Crippen molar-refractivity contribution >= 4 is 17.6 Å². The van der Waals surface area contributed by atoms with Gasteiger partial charge in [0.25, 0.3) is 0 Å². The zero-order valence-corrected chi connectivity index (χ0v) is 14.5. The molecule has 0 aliphatic rings. The molecule has 0 saturated carbocycles. The van der Waals surface area contributed by atoms with Gasteiger partial charge in [0.15, 0.2) is 0 Å². The number of nitrogen functional groups attached to an aromatic ring is 1. The monoisotopic (exact) mass is 344 g/mol. The van der Waals surface area contributed by atoms with Crippen molar-refractivity contribution in [3.05, 3.63) is 41.6 Å². The van der Waals surface area contributed by atoms with Gasteiger partial charge in [0.1, 0.15) is 11.2 Å². The van der Waals surface area contributed by atoms with E-state index in [4.69, 9.17) is 15.2 Å². The highest BCUT2D eigenvalue weighted by Gasteiger charge is 2.19. The van der Waals surface area contributed by atoms with E-state index < -0.39 is 17.5 Å². The van der Waals surface area contributed by atoms with Crippen LogP contribution in [0.5, 0.6) is 5.88 Å². The Morgan fingerprint density at radius 1 is 1.20 bits per heavy atom. The number of rotatable bonds is 4. The standard InChI is InChI=1S/C18H20N2O5/c1-18(2,3)25-17(23)10-5-6-12(14(19)8-10)11-7-13(16(21)22)15(24-4)20-9-11/h5-9H,19H2,1-4H3,(H,21,22). The van der Waals surface area contributed by atoms with Crippen LogP contribution < -0.4 is 10.5 Å². The summed E-state index contributed by atoms with van der Waals surface area (Å²) >= 11 is 0. The topological polar surface area (TPSA) is 112 Å². The number of hydrogen-bond acceptors (Lipinski definition) is 6. The highest BCUT2D eigenvalue weighted by atomic mass is 16.6. The number of aromatic carboxylic acids is 1. The normalized spacial score (nSPS) is 11.0. The fourth-order valence-electron chi connectivity index (χ4n) is 2.20. The van der Waals surface area contributed by atoms with Gasteiger partial charge in [0, 0.05) is 23.0 Å². The van der Waals surface area contributed by atoms with E-state index in [1.165, 1.54) is 25.4 Å². The molecule has 0 bridgehead atoms. The van der Waals surface area contributed by atoms with Gasteiger partial charge in [0.2, 0.25) is 5.88 Å². The van der Waals surface area contributed by atoms with Crippen LogP contribution in [0, 0.1) is 0 Å². The number of ether oxygens (including phenoxy) is 2. The van der Waals surface area contributed by atoms with Crippen molar-refractivity contribution < 1.29 is 24.2 Å². The Labute approximate surface area is 145 Å². The van der Waals surface area contributed by atoms with E-state index in [2.05, 4.69) is 4.98 Å². The number of anilines is 1. The first-order chi connectivity index (χ1) is 11.6. The molecule has 0 atom stereocenters. The summed E-state index contributed by atoms with van der Waals surface area (Å²) in [6.07, 6.45) is 1.46. The van der Waals surface area contributed by atoms with Crippen LogP contribution in [0.4, 0.5) is 5.69 Å². The quantitative estimate of drug-likeness (QED) is 0.647. The van der Waals surface area contributed by atoms with E-state index in [0.29, 0.717) is 22.4 Å². The Morgan fingerprint density at radius 3 is 2.40 bits per heavy atom. The van der Waals surface area contributed by atoms with Crippen molar-refractivity contribution in [1.29, 1.82) is 0 Å². The molecule has 0 spiro atoms. The smallest absolute Gasteiger partial charge is 0.341 e. The van der Waals surface area contributed by atoms with E-state index in [0.717, 1.165) is 0 Å². The van der Waals surface area contributed by atoms with Crippen LogP contribution in [-0.4, -0.2) is 34.7 Å². The van der Waals surface area contributed by atoms with Gasteiger partial charge in [-0.25, -0.2) is 14.6 Å². The van der Waals surface area contributed by atoms with Crippen LogP contribution >= 0.6 is 0 Å². The van der Waals surface area contributed by atoms with E-state index in [-0.39, 0.29) is 11.4 Å². The van der Waals surface area contributed by atoms with E-state index >= 15 is 0 Å². The summed E-state index contributed by atoms with van der Waals surface area (Å²) in [6, 6.07) is 6.12. The zero-order chi connectivity index (χ0) is 18.8. The average Bonchev–Trinajstić information content (AvgIpc) is 2.52.